The van der Waals surface area contributed by atoms with Crippen LogP contribution in [0.3, 0.4) is 0 Å². The minimum absolute atomic E-state index is 0.0449. The monoisotopic (exact) mass is 335 g/mol. The molecular weight excluding hydrogens is 306 g/mol. The second-order valence-corrected chi connectivity index (χ2v) is 8.32. The molecule has 0 aliphatic heterocycles. The van der Waals surface area contributed by atoms with Crippen molar-refractivity contribution in [2.45, 2.75) is 71.6 Å². The molecule has 7 heteroatoms. The maximum Gasteiger partial charge on any atom is 0.254 e. The van der Waals surface area contributed by atoms with Gasteiger partial charge in [-0.1, -0.05) is 13.8 Å². The number of aliphatic hydroxyl groups excluding tert-OH is 1. The summed E-state index contributed by atoms with van der Waals surface area (Å²) in [6, 6.07) is 0.0449. The molecule has 1 fully saturated rings. The smallest absolute Gasteiger partial charge is 0.254 e. The molecule has 1 heterocycles. The van der Waals surface area contributed by atoms with Crippen molar-refractivity contribution in [2.24, 2.45) is 11.1 Å². The Balaban J connectivity index is 2.21. The summed E-state index contributed by atoms with van der Waals surface area (Å²) in [6.07, 6.45) is 3.45. The molecule has 1 aliphatic rings. The highest BCUT2D eigenvalue weighted by Crippen LogP contribution is 2.36. The fraction of sp³-hybridized carbons (Fsp3) is 0.706. The van der Waals surface area contributed by atoms with Crippen molar-refractivity contribution in [3.8, 4) is 0 Å². The number of rotatable bonds is 4. The van der Waals surface area contributed by atoms with Gasteiger partial charge in [0.1, 0.15) is 5.82 Å². The van der Waals surface area contributed by atoms with Gasteiger partial charge in [-0.05, 0) is 45.4 Å². The molecular formula is C17H29N5O2. The van der Waals surface area contributed by atoms with Crippen LogP contribution in [-0.4, -0.2) is 38.7 Å². The Hall–Kier alpha value is -1.89. The number of amides is 1. The average Bonchev–Trinajstić information content (AvgIpc) is 2.41. The number of hydrogen-bond acceptors (Lipinski definition) is 6. The third kappa shape index (κ3) is 4.56. The first-order valence-electron chi connectivity index (χ1n) is 8.37. The first-order chi connectivity index (χ1) is 11.0. The topological polar surface area (TPSA) is 113 Å². The standard InChI is InChI=1S/C17H29N5O2/c1-16(2,3)22-15-19-9-11(13(18)24)14(21-15)20-10-6-7-17(4,5)12(23)8-10/h9-10,12,23H,6-8H2,1-5H3,(H2,18,24)(H2,19,20,21,22)/t10?,12-/m1/s1. The summed E-state index contributed by atoms with van der Waals surface area (Å²) in [5.41, 5.74) is 5.41. The summed E-state index contributed by atoms with van der Waals surface area (Å²) in [6.45, 7) is 10.2. The van der Waals surface area contributed by atoms with Crippen LogP contribution in [0.15, 0.2) is 6.20 Å². The predicted octanol–water partition coefficient (Wildman–Crippen LogP) is 2.14. The zero-order valence-electron chi connectivity index (χ0n) is 15.2. The summed E-state index contributed by atoms with van der Waals surface area (Å²) < 4.78 is 0. The average molecular weight is 335 g/mol. The molecule has 2 atom stereocenters. The third-order valence-corrected chi connectivity index (χ3v) is 4.43. The van der Waals surface area contributed by atoms with Crippen molar-refractivity contribution in [1.82, 2.24) is 9.97 Å². The highest BCUT2D eigenvalue weighted by molar-refractivity contribution is 5.97. The van der Waals surface area contributed by atoms with Crippen molar-refractivity contribution in [3.63, 3.8) is 0 Å². The lowest BCUT2D eigenvalue weighted by molar-refractivity contribution is 0.00912. The van der Waals surface area contributed by atoms with Crippen LogP contribution in [0.5, 0.6) is 0 Å². The quantitative estimate of drug-likeness (QED) is 0.670. The molecule has 2 rings (SSSR count). The zero-order chi connectivity index (χ0) is 18.1. The Bertz CT molecular complexity index is 609. The molecule has 7 nitrogen and oxygen atoms in total. The molecule has 1 aromatic heterocycles. The Kier molecular flexibility index (Phi) is 5.03. The van der Waals surface area contributed by atoms with Gasteiger partial charge < -0.3 is 21.5 Å². The number of primary amides is 1. The van der Waals surface area contributed by atoms with Gasteiger partial charge in [-0.3, -0.25) is 4.79 Å². The van der Waals surface area contributed by atoms with E-state index in [-0.39, 0.29) is 22.6 Å². The van der Waals surface area contributed by atoms with E-state index in [1.807, 2.05) is 20.8 Å². The van der Waals surface area contributed by atoms with Crippen molar-refractivity contribution in [1.29, 1.82) is 0 Å². The number of anilines is 2. The molecule has 1 unspecified atom stereocenters. The Labute approximate surface area is 143 Å². The third-order valence-electron chi connectivity index (χ3n) is 4.43. The number of nitrogens with one attached hydrogen (secondary N) is 2. The van der Waals surface area contributed by atoms with E-state index >= 15 is 0 Å². The lowest BCUT2D eigenvalue weighted by Gasteiger charge is -2.39. The molecule has 24 heavy (non-hydrogen) atoms. The number of carbonyl (C=O) groups excluding carboxylic acids is 1. The molecule has 0 radical (unpaired) electrons. The van der Waals surface area contributed by atoms with E-state index in [2.05, 4.69) is 34.4 Å². The van der Waals surface area contributed by atoms with E-state index in [0.717, 1.165) is 12.8 Å². The van der Waals surface area contributed by atoms with E-state index in [1.54, 1.807) is 0 Å². The van der Waals surface area contributed by atoms with Crippen LogP contribution in [0.25, 0.3) is 0 Å². The molecule has 1 aromatic rings. The van der Waals surface area contributed by atoms with Crippen LogP contribution in [-0.2, 0) is 0 Å². The molecule has 0 spiro atoms. The second-order valence-electron chi connectivity index (χ2n) is 8.32. The molecule has 1 amide bonds. The van der Waals surface area contributed by atoms with Crippen LogP contribution in [0, 0.1) is 5.41 Å². The van der Waals surface area contributed by atoms with Gasteiger partial charge in [0.2, 0.25) is 5.95 Å². The van der Waals surface area contributed by atoms with Gasteiger partial charge in [0.15, 0.2) is 0 Å². The summed E-state index contributed by atoms with van der Waals surface area (Å²) in [4.78, 5) is 20.2. The molecule has 0 bridgehead atoms. The number of aromatic nitrogens is 2. The Morgan fingerprint density at radius 1 is 1.42 bits per heavy atom. The molecule has 5 N–H and O–H groups in total. The van der Waals surface area contributed by atoms with Gasteiger partial charge in [-0.2, -0.15) is 4.98 Å². The summed E-state index contributed by atoms with van der Waals surface area (Å²) >= 11 is 0. The number of nitrogens with zero attached hydrogens (tertiary/aromatic N) is 2. The largest absolute Gasteiger partial charge is 0.392 e. The lowest BCUT2D eigenvalue weighted by atomic mass is 9.73. The maximum atomic E-state index is 11.7. The SMILES string of the molecule is CC(C)(C)Nc1ncc(C(N)=O)c(NC2CCC(C)(C)[C@H](O)C2)n1. The van der Waals surface area contributed by atoms with Gasteiger partial charge in [0.05, 0.1) is 11.7 Å². The van der Waals surface area contributed by atoms with Crippen LogP contribution < -0.4 is 16.4 Å². The zero-order valence-corrected chi connectivity index (χ0v) is 15.2. The van der Waals surface area contributed by atoms with E-state index in [0.29, 0.717) is 18.2 Å². The predicted molar refractivity (Wildman–Crippen MR) is 95.0 cm³/mol. The lowest BCUT2D eigenvalue weighted by Crippen LogP contribution is -2.41. The summed E-state index contributed by atoms with van der Waals surface area (Å²) in [5, 5.41) is 16.8. The van der Waals surface area contributed by atoms with E-state index in [4.69, 9.17) is 5.73 Å². The van der Waals surface area contributed by atoms with Crippen molar-refractivity contribution in [3.05, 3.63) is 11.8 Å². The van der Waals surface area contributed by atoms with Gasteiger partial charge >= 0.3 is 0 Å². The van der Waals surface area contributed by atoms with Gasteiger partial charge in [0, 0.05) is 17.8 Å². The van der Waals surface area contributed by atoms with Crippen molar-refractivity contribution >= 4 is 17.7 Å². The fourth-order valence-electron chi connectivity index (χ4n) is 2.81. The van der Waals surface area contributed by atoms with Gasteiger partial charge in [-0.25, -0.2) is 4.98 Å². The van der Waals surface area contributed by atoms with Crippen molar-refractivity contribution < 1.29 is 9.90 Å². The normalized spacial score (nSPS) is 23.6. The van der Waals surface area contributed by atoms with Crippen LogP contribution in [0.2, 0.25) is 0 Å². The summed E-state index contributed by atoms with van der Waals surface area (Å²) in [5.74, 6) is 0.282. The van der Waals surface area contributed by atoms with Crippen LogP contribution >= 0.6 is 0 Å². The minimum atomic E-state index is -0.573. The van der Waals surface area contributed by atoms with E-state index < -0.39 is 12.0 Å². The van der Waals surface area contributed by atoms with Crippen LogP contribution in [0.1, 0.15) is 64.2 Å². The first kappa shape index (κ1) is 18.4. The van der Waals surface area contributed by atoms with Gasteiger partial charge in [-0.15, -0.1) is 0 Å². The number of carbonyl (C=O) groups is 1. The minimum Gasteiger partial charge on any atom is -0.392 e. The van der Waals surface area contributed by atoms with E-state index in [1.165, 1.54) is 6.20 Å². The Morgan fingerprint density at radius 2 is 2.08 bits per heavy atom. The Morgan fingerprint density at radius 3 is 2.62 bits per heavy atom. The van der Waals surface area contributed by atoms with Crippen molar-refractivity contribution in [2.75, 3.05) is 10.6 Å². The molecule has 1 saturated carbocycles. The molecule has 0 aromatic carbocycles. The van der Waals surface area contributed by atoms with Gasteiger partial charge in [0.25, 0.3) is 5.91 Å². The number of aliphatic hydroxyl groups is 1. The van der Waals surface area contributed by atoms with Crippen LogP contribution in [0.4, 0.5) is 11.8 Å². The van der Waals surface area contributed by atoms with E-state index in [9.17, 15) is 9.90 Å². The second kappa shape index (κ2) is 6.55. The fourth-order valence-corrected chi connectivity index (χ4v) is 2.81. The first-order valence-corrected chi connectivity index (χ1v) is 8.37. The molecule has 134 valence electrons. The number of hydrogen-bond donors (Lipinski definition) is 4. The molecule has 0 saturated heterocycles. The maximum absolute atomic E-state index is 11.7. The summed E-state index contributed by atoms with van der Waals surface area (Å²) in [7, 11) is 0. The molecule has 1 aliphatic carbocycles. The highest BCUT2D eigenvalue weighted by atomic mass is 16.3. The highest BCUT2D eigenvalue weighted by Gasteiger charge is 2.35. The number of nitrogens with two attached hydrogens (primary N) is 1.